The zero-order valence-corrected chi connectivity index (χ0v) is 15.8. The van der Waals surface area contributed by atoms with Gasteiger partial charge in [0, 0.05) is 35.8 Å². The summed E-state index contributed by atoms with van der Waals surface area (Å²) in [6, 6.07) is 11.1. The molecule has 3 aromatic rings. The Bertz CT molecular complexity index is 1040. The molecule has 0 aliphatic carbocycles. The number of ether oxygens (including phenoxy) is 1. The molecule has 0 atom stereocenters. The number of nitrogens with zero attached hydrogens (tertiary/aromatic N) is 1. The van der Waals surface area contributed by atoms with Gasteiger partial charge in [0.15, 0.2) is 0 Å². The Morgan fingerprint density at radius 1 is 1.14 bits per heavy atom. The molecule has 1 aromatic heterocycles. The van der Waals surface area contributed by atoms with E-state index in [4.69, 9.17) is 16.3 Å². The van der Waals surface area contributed by atoms with Crippen molar-refractivity contribution in [2.75, 3.05) is 26.3 Å². The zero-order valence-electron chi connectivity index (χ0n) is 15.1. The number of benzene rings is 2. The van der Waals surface area contributed by atoms with Crippen LogP contribution in [0.15, 0.2) is 42.6 Å². The molecule has 2 heterocycles. The third kappa shape index (κ3) is 3.61. The number of aromatic nitrogens is 1. The van der Waals surface area contributed by atoms with E-state index < -0.39 is 5.97 Å². The molecular formula is C21H19ClN2O4. The fraction of sp³-hybridized carbons (Fsp3) is 0.238. The molecule has 1 aliphatic rings. The summed E-state index contributed by atoms with van der Waals surface area (Å²) in [5, 5.41) is 10.5. The Kier molecular flexibility index (Phi) is 5.07. The molecular weight excluding hydrogens is 380 g/mol. The summed E-state index contributed by atoms with van der Waals surface area (Å²) < 4.78 is 5.28. The smallest absolute Gasteiger partial charge is 0.337 e. The number of hydrogen-bond donors (Lipinski definition) is 2. The van der Waals surface area contributed by atoms with Crippen LogP contribution < -0.4 is 0 Å². The summed E-state index contributed by atoms with van der Waals surface area (Å²) >= 11 is 6.41. The largest absolute Gasteiger partial charge is 0.478 e. The highest BCUT2D eigenvalue weighted by Gasteiger charge is 2.17. The van der Waals surface area contributed by atoms with Gasteiger partial charge in [0.1, 0.15) is 0 Å². The van der Waals surface area contributed by atoms with E-state index in [1.807, 2.05) is 29.2 Å². The van der Waals surface area contributed by atoms with Crippen LogP contribution in [0, 0.1) is 0 Å². The van der Waals surface area contributed by atoms with Gasteiger partial charge in [0.2, 0.25) is 5.91 Å². The number of carbonyl (C=O) groups excluding carboxylic acids is 1. The maximum absolute atomic E-state index is 12.4. The minimum absolute atomic E-state index is 0.0916. The quantitative estimate of drug-likeness (QED) is 0.703. The van der Waals surface area contributed by atoms with E-state index in [1.165, 1.54) is 6.20 Å². The first-order valence-corrected chi connectivity index (χ1v) is 9.39. The van der Waals surface area contributed by atoms with Gasteiger partial charge in [-0.15, -0.1) is 0 Å². The molecule has 6 nitrogen and oxygen atoms in total. The molecule has 2 N–H and O–H groups in total. The zero-order chi connectivity index (χ0) is 19.7. The monoisotopic (exact) mass is 398 g/mol. The minimum atomic E-state index is -0.989. The lowest BCUT2D eigenvalue weighted by molar-refractivity contribution is -0.134. The maximum atomic E-state index is 12.4. The van der Waals surface area contributed by atoms with E-state index in [9.17, 15) is 14.7 Å². The van der Waals surface area contributed by atoms with E-state index in [0.717, 1.165) is 16.7 Å². The van der Waals surface area contributed by atoms with Crippen LogP contribution in [0.25, 0.3) is 22.0 Å². The lowest BCUT2D eigenvalue weighted by Gasteiger charge is -2.26. The van der Waals surface area contributed by atoms with Crippen molar-refractivity contribution in [2.45, 2.75) is 6.42 Å². The van der Waals surface area contributed by atoms with Crippen LogP contribution in [0.1, 0.15) is 15.9 Å². The third-order valence-corrected chi connectivity index (χ3v) is 5.30. The highest BCUT2D eigenvalue weighted by molar-refractivity contribution is 6.34. The summed E-state index contributed by atoms with van der Waals surface area (Å²) in [7, 11) is 0. The molecule has 0 unspecified atom stereocenters. The summed E-state index contributed by atoms with van der Waals surface area (Å²) in [5.41, 5.74) is 3.43. The summed E-state index contributed by atoms with van der Waals surface area (Å²) in [5.74, 6) is -0.898. The number of fused-ring (bicyclic) bond motifs is 1. The van der Waals surface area contributed by atoms with Crippen LogP contribution in [0.3, 0.4) is 0 Å². The van der Waals surface area contributed by atoms with Gasteiger partial charge in [-0.1, -0.05) is 35.9 Å². The number of carboxylic acid groups (broad SMARTS) is 1. The molecule has 1 saturated heterocycles. The van der Waals surface area contributed by atoms with Crippen LogP contribution in [-0.4, -0.2) is 53.2 Å². The lowest BCUT2D eigenvalue weighted by atomic mass is 10.00. The highest BCUT2D eigenvalue weighted by Crippen LogP contribution is 2.33. The van der Waals surface area contributed by atoms with Crippen molar-refractivity contribution >= 4 is 34.4 Å². The number of carbonyl (C=O) groups is 2. The number of rotatable bonds is 4. The topological polar surface area (TPSA) is 82.6 Å². The number of nitrogens with one attached hydrogen (secondary N) is 1. The first-order valence-electron chi connectivity index (χ1n) is 9.01. The number of H-pyrrole nitrogens is 1. The van der Waals surface area contributed by atoms with Gasteiger partial charge in [0.05, 0.1) is 30.2 Å². The fourth-order valence-electron chi connectivity index (χ4n) is 3.44. The first kappa shape index (κ1) is 18.5. The number of hydrogen-bond acceptors (Lipinski definition) is 3. The van der Waals surface area contributed by atoms with E-state index in [-0.39, 0.29) is 11.5 Å². The predicted molar refractivity (Wildman–Crippen MR) is 107 cm³/mol. The number of amides is 1. The second-order valence-electron chi connectivity index (χ2n) is 6.75. The van der Waals surface area contributed by atoms with Gasteiger partial charge in [0.25, 0.3) is 0 Å². The average molecular weight is 399 g/mol. The van der Waals surface area contributed by atoms with Crippen LogP contribution in [0.4, 0.5) is 0 Å². The SMILES string of the molecule is O=C(O)c1c[nH]c2cc(Cl)c(-c3ccc(CC(=O)N4CCOCC4)cc3)cc12. The van der Waals surface area contributed by atoms with Gasteiger partial charge in [-0.2, -0.15) is 0 Å². The Morgan fingerprint density at radius 3 is 2.54 bits per heavy atom. The molecule has 0 radical (unpaired) electrons. The van der Waals surface area contributed by atoms with Gasteiger partial charge in [-0.25, -0.2) is 4.79 Å². The average Bonchev–Trinajstić information content (AvgIpc) is 3.11. The second kappa shape index (κ2) is 7.66. The Morgan fingerprint density at radius 2 is 1.86 bits per heavy atom. The van der Waals surface area contributed by atoms with Crippen molar-refractivity contribution in [3.8, 4) is 11.1 Å². The lowest BCUT2D eigenvalue weighted by Crippen LogP contribution is -2.41. The van der Waals surface area contributed by atoms with Crippen LogP contribution >= 0.6 is 11.6 Å². The molecule has 28 heavy (non-hydrogen) atoms. The molecule has 7 heteroatoms. The number of halogens is 1. The van der Waals surface area contributed by atoms with Crippen molar-refractivity contribution in [1.29, 1.82) is 0 Å². The molecule has 0 bridgehead atoms. The van der Waals surface area contributed by atoms with E-state index in [0.29, 0.717) is 48.6 Å². The maximum Gasteiger partial charge on any atom is 0.337 e. The summed E-state index contributed by atoms with van der Waals surface area (Å²) in [6.45, 7) is 2.44. The van der Waals surface area contributed by atoms with Gasteiger partial charge < -0.3 is 19.7 Å². The standard InChI is InChI=1S/C21H19ClN2O4/c22-18-11-19-16(17(12-23-19)21(26)27)10-15(18)14-3-1-13(2-4-14)9-20(25)24-5-7-28-8-6-24/h1-4,10-12,23H,5-9H2,(H,26,27). The first-order chi connectivity index (χ1) is 13.5. The van der Waals surface area contributed by atoms with E-state index in [2.05, 4.69) is 4.98 Å². The Labute approximate surface area is 166 Å². The summed E-state index contributed by atoms with van der Waals surface area (Å²) in [4.78, 5) is 28.5. The molecule has 144 valence electrons. The van der Waals surface area contributed by atoms with E-state index >= 15 is 0 Å². The predicted octanol–water partition coefficient (Wildman–Crippen LogP) is 3.59. The van der Waals surface area contributed by atoms with Gasteiger partial charge in [-0.3, -0.25) is 4.79 Å². The normalized spacial score (nSPS) is 14.4. The van der Waals surface area contributed by atoms with Crippen LogP contribution in [0.5, 0.6) is 0 Å². The van der Waals surface area contributed by atoms with Crippen molar-refractivity contribution in [3.63, 3.8) is 0 Å². The van der Waals surface area contributed by atoms with E-state index in [1.54, 1.807) is 12.1 Å². The molecule has 0 spiro atoms. The van der Waals surface area contributed by atoms with Gasteiger partial charge in [-0.05, 0) is 23.3 Å². The molecule has 0 saturated carbocycles. The van der Waals surface area contributed by atoms with Crippen molar-refractivity contribution in [2.24, 2.45) is 0 Å². The number of aromatic amines is 1. The Balaban J connectivity index is 1.58. The number of carboxylic acids is 1. The van der Waals surface area contributed by atoms with Crippen molar-refractivity contribution in [3.05, 3.63) is 58.7 Å². The molecule has 1 amide bonds. The minimum Gasteiger partial charge on any atom is -0.478 e. The molecule has 2 aromatic carbocycles. The number of aromatic carboxylic acids is 1. The van der Waals surface area contributed by atoms with Crippen molar-refractivity contribution < 1.29 is 19.4 Å². The Hall–Kier alpha value is -2.83. The highest BCUT2D eigenvalue weighted by atomic mass is 35.5. The van der Waals surface area contributed by atoms with Crippen LogP contribution in [-0.2, 0) is 16.0 Å². The van der Waals surface area contributed by atoms with Crippen LogP contribution in [0.2, 0.25) is 5.02 Å². The van der Waals surface area contributed by atoms with Crippen molar-refractivity contribution in [1.82, 2.24) is 9.88 Å². The second-order valence-corrected chi connectivity index (χ2v) is 7.16. The third-order valence-electron chi connectivity index (χ3n) is 4.98. The molecule has 4 rings (SSSR count). The van der Waals surface area contributed by atoms with Gasteiger partial charge >= 0.3 is 5.97 Å². The molecule has 1 fully saturated rings. The number of morpholine rings is 1. The fourth-order valence-corrected chi connectivity index (χ4v) is 3.72. The molecule has 1 aliphatic heterocycles. The summed E-state index contributed by atoms with van der Waals surface area (Å²) in [6.07, 6.45) is 1.81.